The minimum Gasteiger partial charge on any atom is -0.397 e. The molecule has 2 heterocycles. The first-order valence-corrected chi connectivity index (χ1v) is 7.23. The van der Waals surface area contributed by atoms with Crippen molar-refractivity contribution in [2.24, 2.45) is 12.5 Å². The molecule has 6 heteroatoms. The maximum atomic E-state index is 12.2. The Hall–Kier alpha value is -1.56. The molecule has 1 amide bonds. The molecule has 2 aromatic heterocycles. The average Bonchev–Trinajstić information content (AvgIpc) is 2.87. The van der Waals surface area contributed by atoms with E-state index in [0.717, 1.165) is 22.5 Å². The van der Waals surface area contributed by atoms with Gasteiger partial charge in [0, 0.05) is 13.6 Å². The van der Waals surface area contributed by atoms with Crippen molar-refractivity contribution < 1.29 is 4.79 Å². The molecule has 3 rings (SSSR count). The Kier molecular flexibility index (Phi) is 2.60. The Bertz CT molecular complexity index is 666. The van der Waals surface area contributed by atoms with Crippen molar-refractivity contribution in [3.63, 3.8) is 0 Å². The number of nitrogens with zero attached hydrogens (tertiary/aromatic N) is 2. The largest absolute Gasteiger partial charge is 0.397 e. The van der Waals surface area contributed by atoms with Gasteiger partial charge in [0.2, 0.25) is 0 Å². The van der Waals surface area contributed by atoms with Crippen LogP contribution in [0.25, 0.3) is 10.2 Å². The number of amides is 1. The van der Waals surface area contributed by atoms with Gasteiger partial charge in [-0.15, -0.1) is 11.3 Å². The molecule has 0 atom stereocenters. The highest BCUT2D eigenvalue weighted by atomic mass is 32.1. The van der Waals surface area contributed by atoms with Gasteiger partial charge < -0.3 is 11.1 Å². The number of nitrogen functional groups attached to an aromatic ring is 1. The molecule has 0 spiro atoms. The first kappa shape index (κ1) is 12.5. The van der Waals surface area contributed by atoms with Gasteiger partial charge in [-0.05, 0) is 25.2 Å². The predicted octanol–water partition coefficient (Wildman–Crippen LogP) is 2.06. The van der Waals surface area contributed by atoms with Crippen LogP contribution in [0.2, 0.25) is 0 Å². The van der Waals surface area contributed by atoms with Crippen LogP contribution >= 0.6 is 11.3 Å². The molecule has 0 radical (unpaired) electrons. The fourth-order valence-corrected chi connectivity index (χ4v) is 3.37. The van der Waals surface area contributed by atoms with Crippen LogP contribution in [0.3, 0.4) is 0 Å². The third-order valence-corrected chi connectivity index (χ3v) is 5.14. The summed E-state index contributed by atoms with van der Waals surface area (Å²) in [7, 11) is 1.87. The number of hydrogen-bond donors (Lipinski definition) is 2. The second-order valence-corrected chi connectivity index (χ2v) is 6.73. The smallest absolute Gasteiger partial charge is 0.263 e. The van der Waals surface area contributed by atoms with Gasteiger partial charge in [0.25, 0.3) is 5.91 Å². The monoisotopic (exact) mass is 278 g/mol. The fourth-order valence-electron chi connectivity index (χ4n) is 2.26. The van der Waals surface area contributed by atoms with Crippen LogP contribution < -0.4 is 11.1 Å². The third kappa shape index (κ3) is 2.00. The quantitative estimate of drug-likeness (QED) is 0.902. The second-order valence-electron chi connectivity index (χ2n) is 5.73. The van der Waals surface area contributed by atoms with Crippen molar-refractivity contribution in [3.8, 4) is 0 Å². The minimum absolute atomic E-state index is 0.0637. The standard InChI is InChI=1S/C13H18N4OS/c1-7-8-9(14)10(19-12(8)17(3)16-7)11(18)15-6-13(2)4-5-13/h4-6,14H2,1-3H3,(H,15,18). The second kappa shape index (κ2) is 3.96. The first-order valence-electron chi connectivity index (χ1n) is 6.41. The summed E-state index contributed by atoms with van der Waals surface area (Å²) < 4.78 is 1.78. The number of carbonyl (C=O) groups is 1. The number of rotatable bonds is 3. The number of anilines is 1. The Morgan fingerprint density at radius 3 is 2.84 bits per heavy atom. The summed E-state index contributed by atoms with van der Waals surface area (Å²) in [5, 5.41) is 8.23. The average molecular weight is 278 g/mol. The molecule has 1 fully saturated rings. The molecule has 0 aromatic carbocycles. The zero-order valence-corrected chi connectivity index (χ0v) is 12.2. The molecule has 19 heavy (non-hydrogen) atoms. The van der Waals surface area contributed by atoms with Gasteiger partial charge in [-0.3, -0.25) is 9.48 Å². The number of aryl methyl sites for hydroxylation is 2. The van der Waals surface area contributed by atoms with Crippen LogP contribution in [0.5, 0.6) is 0 Å². The molecule has 1 aliphatic rings. The van der Waals surface area contributed by atoms with E-state index in [0.29, 0.717) is 16.0 Å². The van der Waals surface area contributed by atoms with E-state index in [-0.39, 0.29) is 5.91 Å². The number of nitrogens with two attached hydrogens (primary N) is 1. The van der Waals surface area contributed by atoms with Crippen molar-refractivity contribution in [1.29, 1.82) is 0 Å². The number of hydrogen-bond acceptors (Lipinski definition) is 4. The van der Waals surface area contributed by atoms with Gasteiger partial charge in [0.15, 0.2) is 0 Å². The Morgan fingerprint density at radius 1 is 1.58 bits per heavy atom. The van der Waals surface area contributed by atoms with Crippen molar-refractivity contribution >= 4 is 33.1 Å². The number of aromatic nitrogens is 2. The lowest BCUT2D eigenvalue weighted by molar-refractivity contribution is 0.0951. The van der Waals surface area contributed by atoms with E-state index in [1.165, 1.54) is 24.2 Å². The number of carbonyl (C=O) groups excluding carboxylic acids is 1. The van der Waals surface area contributed by atoms with Gasteiger partial charge in [-0.25, -0.2) is 0 Å². The lowest BCUT2D eigenvalue weighted by Crippen LogP contribution is -2.28. The van der Waals surface area contributed by atoms with Crippen LogP contribution in [0, 0.1) is 12.3 Å². The lowest BCUT2D eigenvalue weighted by atomic mass is 10.1. The summed E-state index contributed by atoms with van der Waals surface area (Å²) in [6, 6.07) is 0. The molecule has 102 valence electrons. The Morgan fingerprint density at radius 2 is 2.26 bits per heavy atom. The third-order valence-electron chi connectivity index (χ3n) is 3.87. The van der Waals surface area contributed by atoms with E-state index in [4.69, 9.17) is 5.73 Å². The number of fused-ring (bicyclic) bond motifs is 1. The summed E-state index contributed by atoms with van der Waals surface area (Å²) in [4.78, 5) is 13.8. The molecule has 5 nitrogen and oxygen atoms in total. The van der Waals surface area contributed by atoms with Crippen molar-refractivity contribution in [3.05, 3.63) is 10.6 Å². The maximum Gasteiger partial charge on any atom is 0.263 e. The van der Waals surface area contributed by atoms with Gasteiger partial charge >= 0.3 is 0 Å². The molecule has 3 N–H and O–H groups in total. The number of nitrogens with one attached hydrogen (secondary N) is 1. The first-order chi connectivity index (χ1) is 8.91. The summed E-state index contributed by atoms with van der Waals surface area (Å²) in [5.41, 5.74) is 7.84. The molecule has 2 aromatic rings. The molecule has 1 saturated carbocycles. The van der Waals surface area contributed by atoms with Crippen LogP contribution in [-0.4, -0.2) is 22.2 Å². The zero-order valence-electron chi connectivity index (χ0n) is 11.4. The highest BCUT2D eigenvalue weighted by Crippen LogP contribution is 2.44. The van der Waals surface area contributed by atoms with Crippen molar-refractivity contribution in [2.45, 2.75) is 26.7 Å². The Labute approximate surface area is 115 Å². The van der Waals surface area contributed by atoms with Gasteiger partial charge in [-0.1, -0.05) is 6.92 Å². The summed E-state index contributed by atoms with van der Waals surface area (Å²) in [6.45, 7) is 4.84. The van der Waals surface area contributed by atoms with Crippen LogP contribution in [-0.2, 0) is 7.05 Å². The molecule has 0 saturated heterocycles. The SMILES string of the molecule is Cc1nn(C)c2sc(C(=O)NCC3(C)CC3)c(N)c12. The summed E-state index contributed by atoms with van der Waals surface area (Å²) >= 11 is 1.41. The predicted molar refractivity (Wildman–Crippen MR) is 77.4 cm³/mol. The van der Waals surface area contributed by atoms with Gasteiger partial charge in [0.05, 0.1) is 16.8 Å². The maximum absolute atomic E-state index is 12.2. The zero-order chi connectivity index (χ0) is 13.8. The Balaban J connectivity index is 1.89. The minimum atomic E-state index is -0.0637. The molecular formula is C13H18N4OS. The van der Waals surface area contributed by atoms with E-state index in [2.05, 4.69) is 17.3 Å². The molecule has 0 unspecified atom stereocenters. The van der Waals surface area contributed by atoms with E-state index >= 15 is 0 Å². The van der Waals surface area contributed by atoms with E-state index in [9.17, 15) is 4.79 Å². The van der Waals surface area contributed by atoms with Gasteiger partial charge in [-0.2, -0.15) is 5.10 Å². The molecular weight excluding hydrogens is 260 g/mol. The molecule has 0 aliphatic heterocycles. The van der Waals surface area contributed by atoms with Crippen LogP contribution in [0.4, 0.5) is 5.69 Å². The van der Waals surface area contributed by atoms with Crippen LogP contribution in [0.1, 0.15) is 35.1 Å². The highest BCUT2D eigenvalue weighted by molar-refractivity contribution is 7.21. The van der Waals surface area contributed by atoms with E-state index < -0.39 is 0 Å². The molecule has 0 bridgehead atoms. The number of thiophene rings is 1. The van der Waals surface area contributed by atoms with Crippen LogP contribution in [0.15, 0.2) is 0 Å². The van der Waals surface area contributed by atoms with Gasteiger partial charge in [0.1, 0.15) is 9.71 Å². The van der Waals surface area contributed by atoms with E-state index in [1.54, 1.807) is 4.68 Å². The normalized spacial score (nSPS) is 16.8. The van der Waals surface area contributed by atoms with E-state index in [1.807, 2.05) is 14.0 Å². The summed E-state index contributed by atoms with van der Waals surface area (Å²) in [6.07, 6.45) is 2.39. The van der Waals surface area contributed by atoms with Crippen molar-refractivity contribution in [1.82, 2.24) is 15.1 Å². The lowest BCUT2D eigenvalue weighted by Gasteiger charge is -2.09. The van der Waals surface area contributed by atoms with Crippen molar-refractivity contribution in [2.75, 3.05) is 12.3 Å². The summed E-state index contributed by atoms with van der Waals surface area (Å²) in [5.74, 6) is -0.0637. The highest BCUT2D eigenvalue weighted by Gasteiger charge is 2.37. The molecule has 1 aliphatic carbocycles. The fraction of sp³-hybridized carbons (Fsp3) is 0.538. The topological polar surface area (TPSA) is 72.9 Å².